The van der Waals surface area contributed by atoms with E-state index in [1.165, 1.54) is 6.42 Å². The van der Waals surface area contributed by atoms with Crippen LogP contribution in [0.3, 0.4) is 0 Å². The van der Waals surface area contributed by atoms with Crippen LogP contribution in [-0.2, 0) is 4.79 Å². The SMILES string of the molecule is Cc1cccc(C2C(C(=O)Nc3cccc(Cl)c3)C3(CCCCC3)N[C@H]2C)c1F. The van der Waals surface area contributed by atoms with Gasteiger partial charge in [-0.3, -0.25) is 4.79 Å². The number of hydrogen-bond donors (Lipinski definition) is 2. The minimum Gasteiger partial charge on any atom is -0.326 e. The molecule has 2 unspecified atom stereocenters. The Labute approximate surface area is 177 Å². The van der Waals surface area contributed by atoms with Crippen LogP contribution in [0.1, 0.15) is 56.1 Å². The van der Waals surface area contributed by atoms with Gasteiger partial charge in [0.15, 0.2) is 0 Å². The molecule has 2 aromatic rings. The Balaban J connectivity index is 1.74. The lowest BCUT2D eigenvalue weighted by molar-refractivity contribution is -0.122. The molecular weight excluding hydrogens is 387 g/mol. The maximum atomic E-state index is 15.1. The lowest BCUT2D eigenvalue weighted by atomic mass is 9.68. The average Bonchev–Trinajstić information content (AvgIpc) is 2.96. The molecule has 5 heteroatoms. The zero-order valence-corrected chi connectivity index (χ0v) is 17.7. The van der Waals surface area contributed by atoms with Crippen molar-refractivity contribution in [3.8, 4) is 0 Å². The van der Waals surface area contributed by atoms with Crippen molar-refractivity contribution in [3.05, 3.63) is 64.4 Å². The molecule has 1 aliphatic carbocycles. The minimum absolute atomic E-state index is 0.0134. The summed E-state index contributed by atoms with van der Waals surface area (Å²) >= 11 is 6.10. The molecule has 1 aliphatic heterocycles. The molecule has 29 heavy (non-hydrogen) atoms. The summed E-state index contributed by atoms with van der Waals surface area (Å²) in [5, 5.41) is 7.38. The fourth-order valence-electron chi connectivity index (χ4n) is 5.48. The summed E-state index contributed by atoms with van der Waals surface area (Å²) in [5.41, 5.74) is 1.64. The van der Waals surface area contributed by atoms with Gasteiger partial charge in [-0.05, 0) is 56.0 Å². The molecule has 1 saturated heterocycles. The Bertz CT molecular complexity index is 910. The Morgan fingerprint density at radius 3 is 2.62 bits per heavy atom. The molecule has 1 heterocycles. The first kappa shape index (κ1) is 20.4. The van der Waals surface area contributed by atoms with E-state index in [2.05, 4.69) is 17.6 Å². The number of anilines is 1. The van der Waals surface area contributed by atoms with Gasteiger partial charge in [0.1, 0.15) is 5.82 Å². The highest BCUT2D eigenvalue weighted by atomic mass is 35.5. The Morgan fingerprint density at radius 2 is 1.90 bits per heavy atom. The number of benzene rings is 2. The van der Waals surface area contributed by atoms with Gasteiger partial charge < -0.3 is 10.6 Å². The van der Waals surface area contributed by atoms with Crippen molar-refractivity contribution in [2.45, 2.75) is 63.5 Å². The van der Waals surface area contributed by atoms with Crippen molar-refractivity contribution in [1.82, 2.24) is 5.32 Å². The van der Waals surface area contributed by atoms with Crippen molar-refractivity contribution in [2.75, 3.05) is 5.32 Å². The normalized spacial score (nSPS) is 25.9. The van der Waals surface area contributed by atoms with E-state index in [0.29, 0.717) is 21.8 Å². The van der Waals surface area contributed by atoms with Crippen LogP contribution >= 0.6 is 11.6 Å². The second kappa shape index (κ2) is 8.08. The van der Waals surface area contributed by atoms with E-state index >= 15 is 4.39 Å². The zero-order chi connectivity index (χ0) is 20.6. The first-order valence-corrected chi connectivity index (χ1v) is 10.9. The number of halogens is 2. The van der Waals surface area contributed by atoms with Gasteiger partial charge in [0.05, 0.1) is 5.92 Å². The topological polar surface area (TPSA) is 41.1 Å². The van der Waals surface area contributed by atoms with Crippen LogP contribution in [0.25, 0.3) is 0 Å². The monoisotopic (exact) mass is 414 g/mol. The quantitative estimate of drug-likeness (QED) is 0.664. The summed E-state index contributed by atoms with van der Waals surface area (Å²) < 4.78 is 15.1. The predicted octanol–water partition coefficient (Wildman–Crippen LogP) is 5.82. The van der Waals surface area contributed by atoms with E-state index in [1.54, 1.807) is 25.1 Å². The van der Waals surface area contributed by atoms with Crippen LogP contribution < -0.4 is 10.6 Å². The Morgan fingerprint density at radius 1 is 1.17 bits per heavy atom. The molecule has 1 saturated carbocycles. The number of carbonyl (C=O) groups is 1. The predicted molar refractivity (Wildman–Crippen MR) is 116 cm³/mol. The van der Waals surface area contributed by atoms with Crippen LogP contribution in [0.15, 0.2) is 42.5 Å². The van der Waals surface area contributed by atoms with Gasteiger partial charge in [0, 0.05) is 28.2 Å². The maximum absolute atomic E-state index is 15.1. The molecule has 2 N–H and O–H groups in total. The van der Waals surface area contributed by atoms with Crippen molar-refractivity contribution >= 4 is 23.2 Å². The number of rotatable bonds is 3. The first-order valence-electron chi connectivity index (χ1n) is 10.5. The summed E-state index contributed by atoms with van der Waals surface area (Å²) in [4.78, 5) is 13.6. The summed E-state index contributed by atoms with van der Waals surface area (Å²) in [7, 11) is 0. The van der Waals surface area contributed by atoms with Gasteiger partial charge in [-0.25, -0.2) is 4.39 Å². The third-order valence-corrected chi connectivity index (χ3v) is 6.94. The number of nitrogens with one attached hydrogen (secondary N) is 2. The van der Waals surface area contributed by atoms with Crippen LogP contribution in [0.2, 0.25) is 5.02 Å². The fraction of sp³-hybridized carbons (Fsp3) is 0.458. The van der Waals surface area contributed by atoms with E-state index in [-0.39, 0.29) is 35.1 Å². The third-order valence-electron chi connectivity index (χ3n) is 6.71. The van der Waals surface area contributed by atoms with Gasteiger partial charge >= 0.3 is 0 Å². The number of aryl methyl sites for hydroxylation is 1. The molecule has 3 nitrogen and oxygen atoms in total. The molecule has 1 spiro atoms. The average molecular weight is 415 g/mol. The lowest BCUT2D eigenvalue weighted by Gasteiger charge is -2.39. The molecule has 1 amide bonds. The van der Waals surface area contributed by atoms with Gasteiger partial charge in [-0.2, -0.15) is 0 Å². The Kier molecular flexibility index (Phi) is 5.67. The van der Waals surface area contributed by atoms with E-state index in [1.807, 2.05) is 24.3 Å². The van der Waals surface area contributed by atoms with E-state index in [0.717, 1.165) is 25.7 Å². The summed E-state index contributed by atoms with van der Waals surface area (Å²) in [6, 6.07) is 12.7. The van der Waals surface area contributed by atoms with Crippen LogP contribution in [0, 0.1) is 18.7 Å². The van der Waals surface area contributed by atoms with Crippen molar-refractivity contribution in [1.29, 1.82) is 0 Å². The fourth-order valence-corrected chi connectivity index (χ4v) is 5.67. The molecule has 2 aromatic carbocycles. The third kappa shape index (κ3) is 3.80. The molecule has 2 aliphatic rings. The standard InChI is InChI=1S/C24H28ClFN2O/c1-15-8-6-11-19(22(15)26)20-16(2)28-24(12-4-3-5-13-24)21(20)23(29)27-18-10-7-9-17(25)14-18/h6-11,14,16,20-21,28H,3-5,12-13H2,1-2H3,(H,27,29)/t16-,20?,21?/m0/s1. The Hall–Kier alpha value is -1.91. The number of carbonyl (C=O) groups excluding carboxylic acids is 1. The minimum atomic E-state index is -0.340. The van der Waals surface area contributed by atoms with Gasteiger partial charge in [0.25, 0.3) is 0 Å². The van der Waals surface area contributed by atoms with Gasteiger partial charge in [-0.15, -0.1) is 0 Å². The van der Waals surface area contributed by atoms with E-state index in [4.69, 9.17) is 11.6 Å². The second-order valence-corrected chi connectivity index (χ2v) is 9.07. The van der Waals surface area contributed by atoms with Crippen LogP contribution in [0.4, 0.5) is 10.1 Å². The number of amides is 1. The largest absolute Gasteiger partial charge is 0.326 e. The van der Waals surface area contributed by atoms with Crippen LogP contribution in [0.5, 0.6) is 0 Å². The smallest absolute Gasteiger partial charge is 0.230 e. The maximum Gasteiger partial charge on any atom is 0.230 e. The molecule has 3 atom stereocenters. The van der Waals surface area contributed by atoms with Gasteiger partial charge in [0.2, 0.25) is 5.91 Å². The molecule has 0 bridgehead atoms. The first-order chi connectivity index (χ1) is 13.9. The molecule has 4 rings (SSSR count). The molecular formula is C24H28ClFN2O. The van der Waals surface area contributed by atoms with E-state index < -0.39 is 0 Å². The van der Waals surface area contributed by atoms with Crippen LogP contribution in [-0.4, -0.2) is 17.5 Å². The summed E-state index contributed by atoms with van der Waals surface area (Å²) in [6.45, 7) is 3.86. The second-order valence-electron chi connectivity index (χ2n) is 8.63. The van der Waals surface area contributed by atoms with Crippen molar-refractivity contribution < 1.29 is 9.18 Å². The zero-order valence-electron chi connectivity index (χ0n) is 17.0. The number of hydrogen-bond acceptors (Lipinski definition) is 2. The molecule has 0 aromatic heterocycles. The molecule has 2 fully saturated rings. The molecule has 0 radical (unpaired) electrons. The van der Waals surface area contributed by atoms with Crippen molar-refractivity contribution in [3.63, 3.8) is 0 Å². The summed E-state index contributed by atoms with van der Waals surface area (Å²) in [6.07, 6.45) is 5.24. The highest BCUT2D eigenvalue weighted by Gasteiger charge is 2.55. The highest BCUT2D eigenvalue weighted by molar-refractivity contribution is 6.30. The highest BCUT2D eigenvalue weighted by Crippen LogP contribution is 2.49. The van der Waals surface area contributed by atoms with Crippen molar-refractivity contribution in [2.24, 2.45) is 5.92 Å². The van der Waals surface area contributed by atoms with E-state index in [9.17, 15) is 4.79 Å². The van der Waals surface area contributed by atoms with Gasteiger partial charge in [-0.1, -0.05) is 55.1 Å². The summed E-state index contributed by atoms with van der Waals surface area (Å²) in [5.74, 6) is -0.809. The molecule has 154 valence electrons. The lowest BCUT2D eigenvalue weighted by Crippen LogP contribution is -2.51.